The van der Waals surface area contributed by atoms with Crippen molar-refractivity contribution in [2.24, 2.45) is 0 Å². The van der Waals surface area contributed by atoms with Gasteiger partial charge >= 0.3 is 0 Å². The molecule has 5 N–H and O–H groups in total. The zero-order valence-corrected chi connectivity index (χ0v) is 9.81. The van der Waals surface area contributed by atoms with Crippen molar-refractivity contribution in [1.29, 1.82) is 0 Å². The zero-order valence-electron chi connectivity index (χ0n) is 9.81. The van der Waals surface area contributed by atoms with Gasteiger partial charge in [0.15, 0.2) is 0 Å². The minimum Gasteiger partial charge on any atom is -0.396 e. The third kappa shape index (κ3) is 1.96. The molecule has 5 nitrogen and oxygen atoms in total. The van der Waals surface area contributed by atoms with Crippen LogP contribution in [0, 0.1) is 0 Å². The largest absolute Gasteiger partial charge is 0.396 e. The number of pyridine rings is 1. The van der Waals surface area contributed by atoms with Crippen LogP contribution in [0.1, 0.15) is 11.1 Å². The Morgan fingerprint density at radius 1 is 1.06 bits per heavy atom. The number of anilines is 4. The topological polar surface area (TPSA) is 86.2 Å². The third-order valence-electron chi connectivity index (χ3n) is 2.95. The number of ether oxygens (including phenoxy) is 1. The van der Waals surface area contributed by atoms with Crippen LogP contribution in [0.25, 0.3) is 0 Å². The second kappa shape index (κ2) is 4.19. The summed E-state index contributed by atoms with van der Waals surface area (Å²) in [4.78, 5) is 4.17. The van der Waals surface area contributed by atoms with Gasteiger partial charge in [-0.05, 0) is 35.4 Å². The molecule has 0 saturated carbocycles. The van der Waals surface area contributed by atoms with Gasteiger partial charge < -0.3 is 21.5 Å². The summed E-state index contributed by atoms with van der Waals surface area (Å²) >= 11 is 0. The highest BCUT2D eigenvalue weighted by atomic mass is 16.5. The molecule has 0 unspecified atom stereocenters. The van der Waals surface area contributed by atoms with Gasteiger partial charge in [0.05, 0.1) is 18.9 Å². The first-order valence-corrected chi connectivity index (χ1v) is 5.71. The van der Waals surface area contributed by atoms with Crippen LogP contribution in [0.2, 0.25) is 0 Å². The van der Waals surface area contributed by atoms with Crippen molar-refractivity contribution < 1.29 is 4.74 Å². The normalized spacial score (nSPS) is 13.3. The van der Waals surface area contributed by atoms with Gasteiger partial charge in [-0.1, -0.05) is 6.07 Å². The second-order valence-electron chi connectivity index (χ2n) is 4.27. The number of fused-ring (bicyclic) bond motifs is 1. The number of nitrogen functional groups attached to an aromatic ring is 2. The average Bonchev–Trinajstić information content (AvgIpc) is 2.81. The van der Waals surface area contributed by atoms with E-state index in [0.717, 1.165) is 5.69 Å². The van der Waals surface area contributed by atoms with Crippen LogP contribution in [0.3, 0.4) is 0 Å². The lowest BCUT2D eigenvalue weighted by molar-refractivity contribution is 0.134. The zero-order chi connectivity index (χ0) is 12.5. The highest BCUT2D eigenvalue weighted by Gasteiger charge is 2.11. The molecular weight excluding hydrogens is 228 g/mol. The average molecular weight is 242 g/mol. The van der Waals surface area contributed by atoms with Crippen molar-refractivity contribution in [3.8, 4) is 0 Å². The summed E-state index contributed by atoms with van der Waals surface area (Å²) in [6, 6.07) is 9.67. The minimum absolute atomic E-state index is 0.337. The van der Waals surface area contributed by atoms with Gasteiger partial charge in [0, 0.05) is 5.69 Å². The summed E-state index contributed by atoms with van der Waals surface area (Å²) in [5, 5.41) is 3.20. The molecule has 0 radical (unpaired) electrons. The van der Waals surface area contributed by atoms with Crippen molar-refractivity contribution in [3.05, 3.63) is 41.5 Å². The molecule has 0 aliphatic carbocycles. The Kier molecular flexibility index (Phi) is 2.53. The summed E-state index contributed by atoms with van der Waals surface area (Å²) in [7, 11) is 0. The van der Waals surface area contributed by atoms with Gasteiger partial charge in [0.1, 0.15) is 11.6 Å². The van der Waals surface area contributed by atoms with Crippen molar-refractivity contribution in [2.45, 2.75) is 13.2 Å². The number of nitrogens with one attached hydrogen (secondary N) is 1. The van der Waals surface area contributed by atoms with Crippen LogP contribution in [0.5, 0.6) is 0 Å². The van der Waals surface area contributed by atoms with E-state index in [2.05, 4.69) is 22.4 Å². The van der Waals surface area contributed by atoms with Crippen molar-refractivity contribution in [3.63, 3.8) is 0 Å². The molecule has 3 rings (SSSR count). The number of benzene rings is 1. The van der Waals surface area contributed by atoms with Gasteiger partial charge in [-0.25, -0.2) is 4.98 Å². The lowest BCUT2D eigenvalue weighted by atomic mass is 10.1. The molecule has 2 heterocycles. The van der Waals surface area contributed by atoms with E-state index in [0.29, 0.717) is 30.5 Å². The maximum atomic E-state index is 5.67. The highest BCUT2D eigenvalue weighted by Crippen LogP contribution is 2.25. The van der Waals surface area contributed by atoms with Crippen LogP contribution in [-0.2, 0) is 18.0 Å². The lowest BCUT2D eigenvalue weighted by Gasteiger charge is -2.08. The molecule has 5 heteroatoms. The number of hydrogen-bond acceptors (Lipinski definition) is 5. The monoisotopic (exact) mass is 242 g/mol. The van der Waals surface area contributed by atoms with Crippen LogP contribution in [0.15, 0.2) is 30.3 Å². The van der Waals surface area contributed by atoms with E-state index < -0.39 is 0 Å². The molecule has 1 aromatic carbocycles. The van der Waals surface area contributed by atoms with Crippen molar-refractivity contribution >= 4 is 23.0 Å². The van der Waals surface area contributed by atoms with E-state index in [-0.39, 0.29) is 0 Å². The Labute approximate surface area is 105 Å². The second-order valence-corrected chi connectivity index (χ2v) is 4.27. The van der Waals surface area contributed by atoms with Gasteiger partial charge in [0.2, 0.25) is 0 Å². The predicted octanol–water partition coefficient (Wildman–Crippen LogP) is 2.02. The fraction of sp³-hybridized carbons (Fsp3) is 0.154. The van der Waals surface area contributed by atoms with E-state index in [1.54, 1.807) is 12.1 Å². The summed E-state index contributed by atoms with van der Waals surface area (Å²) in [5.41, 5.74) is 15.2. The smallest absolute Gasteiger partial charge is 0.149 e. The number of hydrogen-bond donors (Lipinski definition) is 3. The molecular formula is C13H14N4O. The Balaban J connectivity index is 1.85. The van der Waals surface area contributed by atoms with E-state index in [1.165, 1.54) is 11.1 Å². The Morgan fingerprint density at radius 3 is 2.72 bits per heavy atom. The molecule has 0 atom stereocenters. The van der Waals surface area contributed by atoms with Crippen LogP contribution < -0.4 is 16.8 Å². The van der Waals surface area contributed by atoms with Gasteiger partial charge in [-0.15, -0.1) is 0 Å². The van der Waals surface area contributed by atoms with Gasteiger partial charge in [0.25, 0.3) is 0 Å². The minimum atomic E-state index is 0.337. The first-order chi connectivity index (χ1) is 8.72. The molecule has 1 aliphatic heterocycles. The van der Waals surface area contributed by atoms with E-state index >= 15 is 0 Å². The van der Waals surface area contributed by atoms with Crippen LogP contribution in [-0.4, -0.2) is 4.98 Å². The number of aromatic nitrogens is 1. The first kappa shape index (κ1) is 10.9. The van der Waals surface area contributed by atoms with E-state index in [1.807, 2.05) is 6.07 Å². The van der Waals surface area contributed by atoms with Crippen LogP contribution >= 0.6 is 0 Å². The molecule has 0 fully saturated rings. The van der Waals surface area contributed by atoms with E-state index in [9.17, 15) is 0 Å². The SMILES string of the molecule is Nc1ccc(Nc2ccc3c(c2)COC3)nc1N. The fourth-order valence-corrected chi connectivity index (χ4v) is 1.95. The molecule has 0 saturated heterocycles. The number of nitrogens with two attached hydrogens (primary N) is 2. The Morgan fingerprint density at radius 2 is 1.89 bits per heavy atom. The molecule has 0 amide bonds. The summed E-state index contributed by atoms with van der Waals surface area (Å²) < 4.78 is 5.38. The van der Waals surface area contributed by atoms with Crippen LogP contribution in [0.4, 0.5) is 23.0 Å². The lowest BCUT2D eigenvalue weighted by Crippen LogP contribution is -2.01. The molecule has 0 bridgehead atoms. The number of rotatable bonds is 2. The summed E-state index contributed by atoms with van der Waals surface area (Å²) in [5.74, 6) is 1.02. The third-order valence-corrected chi connectivity index (χ3v) is 2.95. The number of nitrogens with zero attached hydrogens (tertiary/aromatic N) is 1. The predicted molar refractivity (Wildman–Crippen MR) is 71.3 cm³/mol. The quantitative estimate of drug-likeness (QED) is 0.750. The molecule has 1 aliphatic rings. The Hall–Kier alpha value is -2.27. The molecule has 1 aromatic heterocycles. The maximum absolute atomic E-state index is 5.67. The standard InChI is InChI=1S/C13H14N4O/c14-11-3-4-12(17-13(11)15)16-10-2-1-8-6-18-7-9(8)5-10/h1-5H,6-7,14H2,(H3,15,16,17). The van der Waals surface area contributed by atoms with E-state index in [4.69, 9.17) is 16.2 Å². The van der Waals surface area contributed by atoms with Gasteiger partial charge in [-0.3, -0.25) is 0 Å². The van der Waals surface area contributed by atoms with Crippen molar-refractivity contribution in [1.82, 2.24) is 4.98 Å². The molecule has 18 heavy (non-hydrogen) atoms. The fourth-order valence-electron chi connectivity index (χ4n) is 1.95. The highest BCUT2D eigenvalue weighted by molar-refractivity contribution is 5.65. The summed E-state index contributed by atoms with van der Waals surface area (Å²) in [6.07, 6.45) is 0. The van der Waals surface area contributed by atoms with Crippen molar-refractivity contribution in [2.75, 3.05) is 16.8 Å². The Bertz CT molecular complexity index is 598. The first-order valence-electron chi connectivity index (χ1n) is 5.71. The molecule has 0 spiro atoms. The summed E-state index contributed by atoms with van der Waals surface area (Å²) in [6.45, 7) is 1.37. The molecule has 2 aromatic rings. The maximum Gasteiger partial charge on any atom is 0.149 e. The van der Waals surface area contributed by atoms with Gasteiger partial charge in [-0.2, -0.15) is 0 Å². The molecule has 92 valence electrons.